The lowest BCUT2D eigenvalue weighted by molar-refractivity contribution is 0.0552. The van der Waals surface area contributed by atoms with E-state index in [0.717, 1.165) is 0 Å². The minimum atomic E-state index is -0.889. The normalized spacial score (nSPS) is 17.4. The number of rotatable bonds is 3. The molecule has 0 fully saturated rings. The number of aliphatic hydroxyl groups is 2. The maximum Gasteiger partial charge on any atom is 0.0989 e. The van der Waals surface area contributed by atoms with Crippen LogP contribution in [-0.4, -0.2) is 29.0 Å². The van der Waals surface area contributed by atoms with E-state index in [1.807, 2.05) is 0 Å². The van der Waals surface area contributed by atoms with Crippen LogP contribution in [0.15, 0.2) is 12.7 Å². The van der Waals surface area contributed by atoms with Crippen molar-refractivity contribution in [2.75, 3.05) is 6.54 Å². The van der Waals surface area contributed by atoms with Crippen molar-refractivity contribution in [1.82, 2.24) is 0 Å². The van der Waals surface area contributed by atoms with Crippen molar-refractivity contribution in [2.45, 2.75) is 12.2 Å². The van der Waals surface area contributed by atoms with Gasteiger partial charge >= 0.3 is 0 Å². The Balaban J connectivity index is 3.44. The highest BCUT2D eigenvalue weighted by Gasteiger charge is 2.08. The number of hydrogen-bond acceptors (Lipinski definition) is 3. The molecule has 0 bridgehead atoms. The van der Waals surface area contributed by atoms with Crippen LogP contribution in [0.2, 0.25) is 0 Å². The molecule has 4 N–H and O–H groups in total. The van der Waals surface area contributed by atoms with Crippen molar-refractivity contribution in [3.8, 4) is 0 Å². The van der Waals surface area contributed by atoms with Gasteiger partial charge in [-0.2, -0.15) is 0 Å². The van der Waals surface area contributed by atoms with Crippen molar-refractivity contribution in [2.24, 2.45) is 5.73 Å². The van der Waals surface area contributed by atoms with Gasteiger partial charge in [-0.25, -0.2) is 0 Å². The van der Waals surface area contributed by atoms with Crippen LogP contribution in [0.1, 0.15) is 0 Å². The van der Waals surface area contributed by atoms with Crippen LogP contribution in [0.4, 0.5) is 0 Å². The summed E-state index contributed by atoms with van der Waals surface area (Å²) in [4.78, 5) is 0. The highest BCUT2D eigenvalue weighted by molar-refractivity contribution is 4.84. The van der Waals surface area contributed by atoms with Gasteiger partial charge in [0.25, 0.3) is 0 Å². The summed E-state index contributed by atoms with van der Waals surface area (Å²) in [7, 11) is 0. The van der Waals surface area contributed by atoms with Crippen molar-refractivity contribution in [3.63, 3.8) is 0 Å². The Morgan fingerprint density at radius 2 is 2.12 bits per heavy atom. The van der Waals surface area contributed by atoms with Crippen molar-refractivity contribution in [3.05, 3.63) is 12.7 Å². The zero-order valence-electron chi connectivity index (χ0n) is 4.62. The van der Waals surface area contributed by atoms with Gasteiger partial charge in [0.1, 0.15) is 0 Å². The fourth-order valence-electron chi connectivity index (χ4n) is 0.297. The van der Waals surface area contributed by atoms with E-state index in [4.69, 9.17) is 15.9 Å². The van der Waals surface area contributed by atoms with Crippen LogP contribution in [0.3, 0.4) is 0 Å². The lowest BCUT2D eigenvalue weighted by atomic mass is 10.2. The first-order valence-corrected chi connectivity index (χ1v) is 2.41. The molecule has 0 aromatic heterocycles. The first-order valence-electron chi connectivity index (χ1n) is 2.41. The molecule has 0 rings (SSSR count). The summed E-state index contributed by atoms with van der Waals surface area (Å²) in [5.41, 5.74) is 4.99. The van der Waals surface area contributed by atoms with E-state index in [0.29, 0.717) is 0 Å². The van der Waals surface area contributed by atoms with Crippen molar-refractivity contribution in [1.29, 1.82) is 0 Å². The van der Waals surface area contributed by atoms with Gasteiger partial charge in [0.05, 0.1) is 12.2 Å². The standard InChI is InChI=1S/C5H11NO2/c1-2-4(7)5(8)3-6/h2,4-5,7-8H,1,3,6H2/t4-,5-/m0/s1. The van der Waals surface area contributed by atoms with Gasteiger partial charge in [-0.15, -0.1) is 6.58 Å². The summed E-state index contributed by atoms with van der Waals surface area (Å²) < 4.78 is 0. The van der Waals surface area contributed by atoms with Crippen molar-refractivity contribution >= 4 is 0 Å². The first kappa shape index (κ1) is 7.62. The molecule has 0 saturated heterocycles. The van der Waals surface area contributed by atoms with Crippen LogP contribution >= 0.6 is 0 Å². The Morgan fingerprint density at radius 3 is 2.25 bits per heavy atom. The molecular weight excluding hydrogens is 106 g/mol. The van der Waals surface area contributed by atoms with E-state index in [1.165, 1.54) is 6.08 Å². The zero-order valence-corrected chi connectivity index (χ0v) is 4.62. The second-order valence-electron chi connectivity index (χ2n) is 1.53. The van der Waals surface area contributed by atoms with Crippen molar-refractivity contribution < 1.29 is 10.2 Å². The Morgan fingerprint density at radius 1 is 1.62 bits per heavy atom. The summed E-state index contributed by atoms with van der Waals surface area (Å²) in [5.74, 6) is 0. The fourth-order valence-corrected chi connectivity index (χ4v) is 0.297. The lowest BCUT2D eigenvalue weighted by Gasteiger charge is -2.09. The maximum absolute atomic E-state index is 8.68. The molecule has 0 aliphatic heterocycles. The summed E-state index contributed by atoms with van der Waals surface area (Å²) in [6, 6.07) is 0. The van der Waals surface area contributed by atoms with Gasteiger partial charge in [-0.05, 0) is 0 Å². The third kappa shape index (κ3) is 2.07. The van der Waals surface area contributed by atoms with E-state index in [1.54, 1.807) is 0 Å². The average molecular weight is 117 g/mol. The quantitative estimate of drug-likeness (QED) is 0.409. The highest BCUT2D eigenvalue weighted by Crippen LogP contribution is 1.89. The zero-order chi connectivity index (χ0) is 6.57. The minimum absolute atomic E-state index is 0.0627. The first-order chi connectivity index (χ1) is 3.72. The molecule has 0 aliphatic carbocycles. The van der Waals surface area contributed by atoms with Crippen LogP contribution in [0, 0.1) is 0 Å². The largest absolute Gasteiger partial charge is 0.389 e. The molecule has 2 atom stereocenters. The maximum atomic E-state index is 8.68. The Bertz CT molecular complexity index is 74.8. The Labute approximate surface area is 48.4 Å². The van der Waals surface area contributed by atoms with E-state index < -0.39 is 12.2 Å². The summed E-state index contributed by atoms with van der Waals surface area (Å²) >= 11 is 0. The molecule has 0 aromatic rings. The number of hydrogen-bond donors (Lipinski definition) is 3. The molecule has 0 aromatic carbocycles. The second-order valence-corrected chi connectivity index (χ2v) is 1.53. The monoisotopic (exact) mass is 117 g/mol. The molecule has 0 radical (unpaired) electrons. The van der Waals surface area contributed by atoms with E-state index in [9.17, 15) is 0 Å². The summed E-state index contributed by atoms with van der Waals surface area (Å²) in [5, 5.41) is 17.4. The SMILES string of the molecule is C=C[C@H](O)[C@@H](O)CN. The van der Waals surface area contributed by atoms with Gasteiger partial charge in [-0.1, -0.05) is 6.08 Å². The molecule has 3 heteroatoms. The summed E-state index contributed by atoms with van der Waals surface area (Å²) in [6.45, 7) is 3.33. The van der Waals surface area contributed by atoms with Crippen LogP contribution in [0.25, 0.3) is 0 Å². The van der Waals surface area contributed by atoms with Gasteiger partial charge < -0.3 is 15.9 Å². The third-order valence-electron chi connectivity index (χ3n) is 0.877. The fraction of sp³-hybridized carbons (Fsp3) is 0.600. The molecular formula is C5H11NO2. The van der Waals surface area contributed by atoms with Crippen LogP contribution in [0.5, 0.6) is 0 Å². The number of nitrogens with two attached hydrogens (primary N) is 1. The molecule has 0 unspecified atom stereocenters. The highest BCUT2D eigenvalue weighted by atomic mass is 16.3. The Hall–Kier alpha value is -0.380. The second kappa shape index (κ2) is 3.60. The number of aliphatic hydroxyl groups excluding tert-OH is 2. The molecule has 0 spiro atoms. The smallest absolute Gasteiger partial charge is 0.0989 e. The van der Waals surface area contributed by atoms with Gasteiger partial charge in [0.2, 0.25) is 0 Å². The topological polar surface area (TPSA) is 66.5 Å². The predicted molar refractivity (Wildman–Crippen MR) is 31.3 cm³/mol. The molecule has 0 aliphatic rings. The van der Waals surface area contributed by atoms with Gasteiger partial charge in [-0.3, -0.25) is 0 Å². The van der Waals surface area contributed by atoms with Crippen LogP contribution in [-0.2, 0) is 0 Å². The Kier molecular flexibility index (Phi) is 3.43. The average Bonchev–Trinajstić information content (AvgIpc) is 1.84. The summed E-state index contributed by atoms with van der Waals surface area (Å²) in [6.07, 6.45) is -0.509. The van der Waals surface area contributed by atoms with Gasteiger partial charge in [0, 0.05) is 6.54 Å². The molecule has 3 nitrogen and oxygen atoms in total. The van der Waals surface area contributed by atoms with Crippen LogP contribution < -0.4 is 5.73 Å². The minimum Gasteiger partial charge on any atom is -0.389 e. The van der Waals surface area contributed by atoms with Gasteiger partial charge in [0.15, 0.2) is 0 Å². The molecule has 8 heavy (non-hydrogen) atoms. The van der Waals surface area contributed by atoms with E-state index in [2.05, 4.69) is 6.58 Å². The molecule has 0 saturated carbocycles. The molecule has 48 valence electrons. The van der Waals surface area contributed by atoms with E-state index >= 15 is 0 Å². The third-order valence-corrected chi connectivity index (χ3v) is 0.877. The molecule has 0 amide bonds. The predicted octanol–water partition coefficient (Wildman–Crippen LogP) is -1.15. The lowest BCUT2D eigenvalue weighted by Crippen LogP contribution is -2.31. The van der Waals surface area contributed by atoms with E-state index in [-0.39, 0.29) is 6.54 Å². The molecule has 0 heterocycles.